The molecule has 1 heterocycles. The Hall–Kier alpha value is -1.98. The molecule has 0 spiro atoms. The summed E-state index contributed by atoms with van der Waals surface area (Å²) in [7, 11) is 0. The van der Waals surface area contributed by atoms with Crippen molar-refractivity contribution in [2.24, 2.45) is 28.9 Å². The lowest BCUT2D eigenvalue weighted by Gasteiger charge is -2.58. The monoisotopic (exact) mass is 432 g/mol. The van der Waals surface area contributed by atoms with Gasteiger partial charge >= 0.3 is 0 Å². The zero-order valence-electron chi connectivity index (χ0n) is 15.8. The van der Waals surface area contributed by atoms with Gasteiger partial charge in [-0.15, -0.1) is 0 Å². The Bertz CT molecular complexity index is 986. The molecule has 1 aromatic heterocycles. The van der Waals surface area contributed by atoms with Gasteiger partial charge in [0.1, 0.15) is 5.76 Å². The molecule has 1 aromatic carbocycles. The summed E-state index contributed by atoms with van der Waals surface area (Å²) in [6.07, 6.45) is 4.60. The van der Waals surface area contributed by atoms with Crippen LogP contribution in [0, 0.1) is 23.2 Å². The van der Waals surface area contributed by atoms with Crippen LogP contribution < -0.4 is 11.1 Å². The first-order valence-corrected chi connectivity index (χ1v) is 10.8. The van der Waals surface area contributed by atoms with Gasteiger partial charge in [-0.2, -0.15) is 0 Å². The number of halogens is 2. The number of nitrogens with two attached hydrogens (primary N) is 1. The number of hydrogen-bond acceptors (Lipinski definition) is 3. The quantitative estimate of drug-likeness (QED) is 0.735. The number of benzene rings is 1. The summed E-state index contributed by atoms with van der Waals surface area (Å²) >= 11 is 12.0. The molecule has 4 aliphatic rings. The van der Waals surface area contributed by atoms with Crippen molar-refractivity contribution in [1.82, 2.24) is 5.32 Å². The summed E-state index contributed by atoms with van der Waals surface area (Å²) in [5.74, 6) is 1.61. The second kappa shape index (κ2) is 6.78. The van der Waals surface area contributed by atoms with E-state index < -0.39 is 0 Å². The average molecular weight is 433 g/mol. The van der Waals surface area contributed by atoms with Gasteiger partial charge in [0, 0.05) is 17.0 Å². The molecule has 2 unspecified atom stereocenters. The minimum atomic E-state index is -0.358. The Morgan fingerprint density at radius 1 is 1.03 bits per heavy atom. The highest BCUT2D eigenvalue weighted by molar-refractivity contribution is 6.42. The average Bonchev–Trinajstić information content (AvgIpc) is 3.16. The summed E-state index contributed by atoms with van der Waals surface area (Å²) in [4.78, 5) is 25.0. The molecule has 4 bridgehead atoms. The van der Waals surface area contributed by atoms with Gasteiger partial charge in [0.05, 0.1) is 10.0 Å². The molecule has 2 atom stereocenters. The lowest BCUT2D eigenvalue weighted by Crippen LogP contribution is -2.62. The summed E-state index contributed by atoms with van der Waals surface area (Å²) in [5.41, 5.74) is 6.15. The first kappa shape index (κ1) is 19.0. The van der Waals surface area contributed by atoms with Gasteiger partial charge in [-0.05, 0) is 80.2 Å². The highest BCUT2D eigenvalue weighted by Crippen LogP contribution is 2.59. The van der Waals surface area contributed by atoms with Gasteiger partial charge in [-0.1, -0.05) is 23.2 Å². The van der Waals surface area contributed by atoms with Gasteiger partial charge < -0.3 is 15.5 Å². The lowest BCUT2D eigenvalue weighted by molar-refractivity contribution is -0.145. The number of hydrogen-bond donors (Lipinski definition) is 2. The zero-order valence-corrected chi connectivity index (χ0v) is 17.3. The molecular weight excluding hydrogens is 411 g/mol. The molecule has 0 radical (unpaired) electrons. The molecule has 29 heavy (non-hydrogen) atoms. The summed E-state index contributed by atoms with van der Waals surface area (Å²) in [6, 6.07) is 8.72. The molecular formula is C22H22Cl2N2O3. The molecule has 6 rings (SSSR count). The zero-order chi connectivity index (χ0) is 20.3. The van der Waals surface area contributed by atoms with E-state index in [-0.39, 0.29) is 29.0 Å². The first-order valence-electron chi connectivity index (χ1n) is 10.0. The van der Waals surface area contributed by atoms with Crippen molar-refractivity contribution >= 4 is 35.0 Å². The van der Waals surface area contributed by atoms with Crippen molar-refractivity contribution in [1.29, 1.82) is 0 Å². The normalized spacial score (nSPS) is 32.3. The van der Waals surface area contributed by atoms with Crippen LogP contribution in [-0.2, 0) is 4.79 Å². The number of carbonyl (C=O) groups is 2. The van der Waals surface area contributed by atoms with E-state index in [1.807, 2.05) is 0 Å². The Balaban J connectivity index is 1.32. The maximum Gasteiger partial charge on any atom is 0.287 e. The van der Waals surface area contributed by atoms with Gasteiger partial charge in [0.25, 0.3) is 5.91 Å². The van der Waals surface area contributed by atoms with Gasteiger partial charge in [0.15, 0.2) is 5.76 Å². The maximum atomic E-state index is 12.9. The van der Waals surface area contributed by atoms with E-state index in [4.69, 9.17) is 33.4 Å². The lowest BCUT2D eigenvalue weighted by atomic mass is 9.47. The molecule has 2 aromatic rings. The Labute approximate surface area is 178 Å². The first-order chi connectivity index (χ1) is 13.8. The van der Waals surface area contributed by atoms with Crippen LogP contribution in [0.5, 0.6) is 0 Å². The third-order valence-electron chi connectivity index (χ3n) is 7.13. The van der Waals surface area contributed by atoms with Crippen molar-refractivity contribution in [2.45, 2.75) is 38.1 Å². The predicted molar refractivity (Wildman–Crippen MR) is 111 cm³/mol. The van der Waals surface area contributed by atoms with Crippen LogP contribution in [0.25, 0.3) is 11.3 Å². The molecule has 4 fully saturated rings. The van der Waals surface area contributed by atoms with Crippen molar-refractivity contribution in [3.8, 4) is 11.3 Å². The fourth-order valence-electron chi connectivity index (χ4n) is 6.05. The van der Waals surface area contributed by atoms with E-state index in [2.05, 4.69) is 5.32 Å². The van der Waals surface area contributed by atoms with E-state index in [9.17, 15) is 9.59 Å². The summed E-state index contributed by atoms with van der Waals surface area (Å²) < 4.78 is 5.79. The largest absolute Gasteiger partial charge is 0.451 e. The Morgan fingerprint density at radius 3 is 2.41 bits per heavy atom. The number of nitrogens with one attached hydrogen (secondary N) is 1. The molecule has 5 nitrogen and oxygen atoms in total. The minimum absolute atomic E-state index is 0.0741. The van der Waals surface area contributed by atoms with Crippen LogP contribution in [0.2, 0.25) is 10.0 Å². The molecule has 2 amide bonds. The minimum Gasteiger partial charge on any atom is -0.451 e. The van der Waals surface area contributed by atoms with Crippen LogP contribution in [-0.4, -0.2) is 17.9 Å². The number of primary amides is 1. The molecule has 4 saturated carbocycles. The van der Waals surface area contributed by atoms with Crippen molar-refractivity contribution < 1.29 is 14.0 Å². The molecule has 7 heteroatoms. The molecule has 4 aliphatic carbocycles. The molecule has 152 valence electrons. The smallest absolute Gasteiger partial charge is 0.287 e. The highest BCUT2D eigenvalue weighted by Gasteiger charge is 2.58. The van der Waals surface area contributed by atoms with Crippen LogP contribution in [0.1, 0.15) is 42.7 Å². The van der Waals surface area contributed by atoms with Crippen molar-refractivity contribution in [3.63, 3.8) is 0 Å². The number of furan rings is 1. The molecule has 0 saturated heterocycles. The molecule has 0 aliphatic heterocycles. The van der Waals surface area contributed by atoms with Crippen LogP contribution in [0.3, 0.4) is 0 Å². The SMILES string of the molecule is NC(=O)C12CC3CC(C1)C(NC(=O)c1ccc(-c4ccc(Cl)c(Cl)c4)o1)C(C3)C2. The second-order valence-corrected chi connectivity index (χ2v) is 9.72. The topological polar surface area (TPSA) is 85.3 Å². The fraction of sp³-hybridized carbons (Fsp3) is 0.455. The van der Waals surface area contributed by atoms with Crippen LogP contribution >= 0.6 is 23.2 Å². The third-order valence-corrected chi connectivity index (χ3v) is 7.87. The van der Waals surface area contributed by atoms with E-state index in [0.29, 0.717) is 33.6 Å². The molecule has 3 N–H and O–H groups in total. The standard InChI is InChI=1S/C22H22Cl2N2O3/c23-15-2-1-12(7-16(15)24)17-3-4-18(29-17)20(27)26-19-13-5-11-6-14(19)10-22(8-11,9-13)21(25)28/h1-4,7,11,13-14,19H,5-6,8-10H2,(H2,25,28)(H,26,27). The predicted octanol–water partition coefficient (Wildman–Crippen LogP) is 4.66. The van der Waals surface area contributed by atoms with Gasteiger partial charge in [0.2, 0.25) is 5.91 Å². The van der Waals surface area contributed by atoms with E-state index in [0.717, 1.165) is 37.7 Å². The Kier molecular flexibility index (Phi) is 4.44. The van der Waals surface area contributed by atoms with Crippen molar-refractivity contribution in [2.75, 3.05) is 0 Å². The Morgan fingerprint density at radius 2 is 1.76 bits per heavy atom. The van der Waals surface area contributed by atoms with Crippen LogP contribution in [0.4, 0.5) is 0 Å². The van der Waals surface area contributed by atoms with Crippen molar-refractivity contribution in [3.05, 3.63) is 46.1 Å². The fourth-order valence-corrected chi connectivity index (χ4v) is 6.35. The highest BCUT2D eigenvalue weighted by atomic mass is 35.5. The van der Waals surface area contributed by atoms with E-state index in [1.165, 1.54) is 0 Å². The summed E-state index contributed by atoms with van der Waals surface area (Å²) in [5, 5.41) is 4.09. The maximum absolute atomic E-state index is 12.9. The van der Waals surface area contributed by atoms with Crippen LogP contribution in [0.15, 0.2) is 34.7 Å². The van der Waals surface area contributed by atoms with E-state index in [1.54, 1.807) is 30.3 Å². The number of carbonyl (C=O) groups excluding carboxylic acids is 2. The van der Waals surface area contributed by atoms with Gasteiger partial charge in [-0.3, -0.25) is 9.59 Å². The second-order valence-electron chi connectivity index (χ2n) is 8.91. The number of amides is 2. The van der Waals surface area contributed by atoms with E-state index >= 15 is 0 Å². The number of rotatable bonds is 4. The van der Waals surface area contributed by atoms with Gasteiger partial charge in [-0.25, -0.2) is 0 Å². The third kappa shape index (κ3) is 3.15. The summed E-state index contributed by atoms with van der Waals surface area (Å²) in [6.45, 7) is 0.